The van der Waals surface area contributed by atoms with Crippen LogP contribution in [0.1, 0.15) is 15.2 Å². The lowest BCUT2D eigenvalue weighted by Gasteiger charge is -2.11. The summed E-state index contributed by atoms with van der Waals surface area (Å²) in [5.74, 6) is 0.345. The Balaban J connectivity index is 1.63. The molecule has 2 heterocycles. The van der Waals surface area contributed by atoms with Gasteiger partial charge in [-0.1, -0.05) is 18.2 Å². The summed E-state index contributed by atoms with van der Waals surface area (Å²) >= 11 is 1.16. The highest BCUT2D eigenvalue weighted by Crippen LogP contribution is 2.30. The van der Waals surface area contributed by atoms with Gasteiger partial charge in [-0.15, -0.1) is 11.3 Å². The first-order valence-corrected chi connectivity index (χ1v) is 6.80. The van der Waals surface area contributed by atoms with Gasteiger partial charge in [-0.2, -0.15) is 0 Å². The van der Waals surface area contributed by atoms with Crippen molar-refractivity contribution in [2.75, 3.05) is 6.61 Å². The first kappa shape index (κ1) is 12.0. The van der Waals surface area contributed by atoms with Crippen molar-refractivity contribution in [2.45, 2.75) is 12.5 Å². The summed E-state index contributed by atoms with van der Waals surface area (Å²) in [5.41, 5.74) is 1.17. The molecule has 1 aromatic carbocycles. The number of rotatable bonds is 4. The zero-order valence-electron chi connectivity index (χ0n) is 10.0. The summed E-state index contributed by atoms with van der Waals surface area (Å²) < 4.78 is 11.3. The number of hydrogen-bond acceptors (Lipinski definition) is 4. The molecular formula is C14H12O4S. The molecule has 0 bridgehead atoms. The van der Waals surface area contributed by atoms with Gasteiger partial charge in [0.15, 0.2) is 4.88 Å². The van der Waals surface area contributed by atoms with Crippen molar-refractivity contribution < 1.29 is 19.4 Å². The predicted octanol–water partition coefficient (Wildman–Crippen LogP) is 2.83. The van der Waals surface area contributed by atoms with E-state index in [1.807, 2.05) is 24.3 Å². The van der Waals surface area contributed by atoms with Gasteiger partial charge in [0, 0.05) is 6.42 Å². The van der Waals surface area contributed by atoms with Crippen LogP contribution in [0, 0.1) is 0 Å². The van der Waals surface area contributed by atoms with Crippen LogP contribution in [0.15, 0.2) is 35.7 Å². The van der Waals surface area contributed by atoms with Crippen molar-refractivity contribution in [3.63, 3.8) is 0 Å². The minimum Gasteiger partial charge on any atom is -0.488 e. The van der Waals surface area contributed by atoms with Crippen molar-refractivity contribution in [1.82, 2.24) is 0 Å². The minimum absolute atomic E-state index is 0.0565. The maximum absolute atomic E-state index is 11.0. The Morgan fingerprint density at radius 2 is 2.26 bits per heavy atom. The second-order valence-electron chi connectivity index (χ2n) is 4.28. The van der Waals surface area contributed by atoms with E-state index in [0.29, 0.717) is 12.4 Å². The molecule has 1 aliphatic heterocycles. The molecule has 1 aromatic heterocycles. The highest BCUT2D eigenvalue weighted by atomic mass is 32.1. The molecule has 19 heavy (non-hydrogen) atoms. The Hall–Kier alpha value is -2.01. The normalized spacial score (nSPS) is 16.7. The minimum atomic E-state index is -0.958. The van der Waals surface area contributed by atoms with E-state index in [-0.39, 0.29) is 11.0 Å². The summed E-state index contributed by atoms with van der Waals surface area (Å²) in [6.45, 7) is 0.353. The third kappa shape index (κ3) is 2.42. The van der Waals surface area contributed by atoms with Crippen LogP contribution >= 0.6 is 11.3 Å². The molecule has 98 valence electrons. The molecule has 1 unspecified atom stereocenters. The van der Waals surface area contributed by atoms with Gasteiger partial charge in [0.05, 0.1) is 0 Å². The Bertz CT molecular complexity index is 580. The maximum Gasteiger partial charge on any atom is 0.349 e. The standard InChI is InChI=1S/C14H12O4S/c15-14(16)13-12(5-6-19-13)17-8-10-7-9-3-1-2-4-11(9)18-10/h1-6,10H,7-8H2,(H,15,16). The molecule has 0 aliphatic carbocycles. The van der Waals surface area contributed by atoms with Gasteiger partial charge in [-0.05, 0) is 23.1 Å². The fraction of sp³-hybridized carbons (Fsp3) is 0.214. The van der Waals surface area contributed by atoms with E-state index in [1.165, 1.54) is 5.56 Å². The topological polar surface area (TPSA) is 55.8 Å². The van der Waals surface area contributed by atoms with Crippen LogP contribution in [0.3, 0.4) is 0 Å². The van der Waals surface area contributed by atoms with Crippen LogP contribution in [-0.4, -0.2) is 23.8 Å². The summed E-state index contributed by atoms with van der Waals surface area (Å²) in [7, 11) is 0. The predicted molar refractivity (Wildman–Crippen MR) is 71.3 cm³/mol. The highest BCUT2D eigenvalue weighted by molar-refractivity contribution is 7.12. The number of carboxylic acid groups (broad SMARTS) is 1. The molecule has 0 spiro atoms. The third-order valence-electron chi connectivity index (χ3n) is 2.96. The molecule has 3 rings (SSSR count). The van der Waals surface area contributed by atoms with E-state index in [1.54, 1.807) is 11.4 Å². The third-order valence-corrected chi connectivity index (χ3v) is 3.85. The summed E-state index contributed by atoms with van der Waals surface area (Å²) in [5, 5.41) is 10.7. The zero-order chi connectivity index (χ0) is 13.2. The lowest BCUT2D eigenvalue weighted by atomic mass is 10.1. The van der Waals surface area contributed by atoms with Gasteiger partial charge in [0.1, 0.15) is 24.2 Å². The van der Waals surface area contributed by atoms with E-state index < -0.39 is 5.97 Å². The number of aromatic carboxylic acids is 1. The van der Waals surface area contributed by atoms with Crippen molar-refractivity contribution in [1.29, 1.82) is 0 Å². The quantitative estimate of drug-likeness (QED) is 0.933. The number of fused-ring (bicyclic) bond motifs is 1. The van der Waals surface area contributed by atoms with Gasteiger partial charge >= 0.3 is 5.97 Å². The molecule has 1 N–H and O–H groups in total. The second-order valence-corrected chi connectivity index (χ2v) is 5.20. The van der Waals surface area contributed by atoms with Crippen LogP contribution in [0.4, 0.5) is 0 Å². The van der Waals surface area contributed by atoms with Crippen molar-refractivity contribution >= 4 is 17.3 Å². The number of carbonyl (C=O) groups is 1. The average Bonchev–Trinajstić information content (AvgIpc) is 3.02. The Morgan fingerprint density at radius 1 is 1.42 bits per heavy atom. The van der Waals surface area contributed by atoms with Crippen LogP contribution < -0.4 is 9.47 Å². The lowest BCUT2D eigenvalue weighted by Crippen LogP contribution is -2.22. The molecule has 4 nitrogen and oxygen atoms in total. The van der Waals surface area contributed by atoms with Gasteiger partial charge in [0.25, 0.3) is 0 Å². The van der Waals surface area contributed by atoms with Gasteiger partial charge in [0.2, 0.25) is 0 Å². The van der Waals surface area contributed by atoms with Gasteiger partial charge in [-0.25, -0.2) is 4.79 Å². The Morgan fingerprint density at radius 3 is 3.05 bits per heavy atom. The number of ether oxygens (including phenoxy) is 2. The van der Waals surface area contributed by atoms with Gasteiger partial charge < -0.3 is 14.6 Å². The van der Waals surface area contributed by atoms with E-state index >= 15 is 0 Å². The molecule has 0 amide bonds. The summed E-state index contributed by atoms with van der Waals surface area (Å²) in [6, 6.07) is 9.55. The van der Waals surface area contributed by atoms with Crippen molar-refractivity contribution in [3.05, 3.63) is 46.2 Å². The second kappa shape index (κ2) is 4.93. The fourth-order valence-corrected chi connectivity index (χ4v) is 2.77. The van der Waals surface area contributed by atoms with Gasteiger partial charge in [-0.3, -0.25) is 0 Å². The first-order valence-electron chi connectivity index (χ1n) is 5.92. The van der Waals surface area contributed by atoms with Crippen molar-refractivity contribution in [3.8, 4) is 11.5 Å². The average molecular weight is 276 g/mol. The first-order chi connectivity index (χ1) is 9.24. The molecule has 0 radical (unpaired) electrons. The SMILES string of the molecule is O=C(O)c1sccc1OCC1Cc2ccccc2O1. The van der Waals surface area contributed by atoms with E-state index in [4.69, 9.17) is 14.6 Å². The molecule has 0 fully saturated rings. The lowest BCUT2D eigenvalue weighted by molar-refractivity contribution is 0.0694. The number of carboxylic acids is 1. The number of para-hydroxylation sites is 1. The number of hydrogen-bond donors (Lipinski definition) is 1. The van der Waals surface area contributed by atoms with Crippen LogP contribution in [0.2, 0.25) is 0 Å². The Labute approximate surface area is 114 Å². The van der Waals surface area contributed by atoms with E-state index in [9.17, 15) is 4.79 Å². The van der Waals surface area contributed by atoms with Crippen LogP contribution in [0.5, 0.6) is 11.5 Å². The smallest absolute Gasteiger partial charge is 0.349 e. The summed E-state index contributed by atoms with van der Waals surface area (Å²) in [6.07, 6.45) is 0.738. The molecule has 0 saturated carbocycles. The molecular weight excluding hydrogens is 264 g/mol. The fourth-order valence-electron chi connectivity index (χ4n) is 2.10. The monoisotopic (exact) mass is 276 g/mol. The summed E-state index contributed by atoms with van der Waals surface area (Å²) in [4.78, 5) is 11.2. The van der Waals surface area contributed by atoms with E-state index in [2.05, 4.69) is 0 Å². The van der Waals surface area contributed by atoms with Crippen LogP contribution in [-0.2, 0) is 6.42 Å². The van der Waals surface area contributed by atoms with Crippen molar-refractivity contribution in [2.24, 2.45) is 0 Å². The molecule has 1 aliphatic rings. The highest BCUT2D eigenvalue weighted by Gasteiger charge is 2.23. The number of benzene rings is 1. The maximum atomic E-state index is 11.0. The zero-order valence-corrected chi connectivity index (χ0v) is 10.9. The largest absolute Gasteiger partial charge is 0.488 e. The molecule has 0 saturated heterocycles. The van der Waals surface area contributed by atoms with E-state index in [0.717, 1.165) is 23.5 Å². The molecule has 2 aromatic rings. The van der Waals surface area contributed by atoms with Crippen LogP contribution in [0.25, 0.3) is 0 Å². The molecule has 5 heteroatoms. The molecule has 1 atom stereocenters. The Kier molecular flexibility index (Phi) is 3.13. The number of thiophene rings is 1.